The lowest BCUT2D eigenvalue weighted by Gasteiger charge is -2.38. The molecule has 4 aromatic rings. The van der Waals surface area contributed by atoms with Crippen molar-refractivity contribution in [2.24, 2.45) is 5.73 Å². The van der Waals surface area contributed by atoms with Gasteiger partial charge in [0.15, 0.2) is 0 Å². The Kier molecular flexibility index (Phi) is 8.58. The van der Waals surface area contributed by atoms with Crippen molar-refractivity contribution in [1.82, 2.24) is 4.08 Å². The molecule has 0 bridgehead atoms. The Balaban J connectivity index is 2.04. The molecular formula is C28H29N2O5PS3. The first kappa shape index (κ1) is 29.3. The predicted octanol–water partition coefficient (Wildman–Crippen LogP) is 5.43. The minimum Gasteiger partial charge on any atom is -0.342 e. The largest absolute Gasteiger partial charge is 0.342 e. The molecule has 0 saturated carbocycles. The van der Waals surface area contributed by atoms with Crippen molar-refractivity contribution in [3.63, 3.8) is 0 Å². The number of hydrogen-bond donors (Lipinski definition) is 2. The van der Waals surface area contributed by atoms with Gasteiger partial charge in [0.1, 0.15) is 0 Å². The number of aryl methyl sites for hydroxylation is 2. The van der Waals surface area contributed by atoms with Crippen LogP contribution in [0, 0.1) is 13.8 Å². The van der Waals surface area contributed by atoms with Crippen molar-refractivity contribution >= 4 is 36.9 Å². The van der Waals surface area contributed by atoms with E-state index < -0.39 is 37.2 Å². The molecule has 0 saturated heterocycles. The van der Waals surface area contributed by atoms with E-state index in [4.69, 9.17) is 17.5 Å². The molecule has 0 aromatic heterocycles. The topological polar surface area (TPSA) is 118 Å². The fourth-order valence-corrected chi connectivity index (χ4v) is 13.9. The third kappa shape index (κ3) is 5.78. The molecule has 39 heavy (non-hydrogen) atoms. The molecule has 0 aliphatic rings. The highest BCUT2D eigenvalue weighted by Crippen LogP contribution is 2.62. The van der Waals surface area contributed by atoms with Gasteiger partial charge in [-0.15, -0.1) is 4.08 Å². The van der Waals surface area contributed by atoms with E-state index >= 15 is 0 Å². The Morgan fingerprint density at radius 2 is 1.10 bits per heavy atom. The molecule has 0 radical (unpaired) electrons. The number of nitrogens with zero attached hydrogens (tertiary/aromatic N) is 1. The normalized spacial score (nSPS) is 15.4. The van der Waals surface area contributed by atoms with Gasteiger partial charge in [-0.25, -0.2) is 16.8 Å². The van der Waals surface area contributed by atoms with E-state index in [2.05, 4.69) is 0 Å². The Bertz CT molecular complexity index is 1700. The van der Waals surface area contributed by atoms with Crippen LogP contribution in [0.3, 0.4) is 0 Å². The van der Waals surface area contributed by atoms with Crippen molar-refractivity contribution in [2.45, 2.75) is 35.7 Å². The van der Waals surface area contributed by atoms with E-state index in [-0.39, 0.29) is 9.79 Å². The van der Waals surface area contributed by atoms with Crippen LogP contribution in [-0.2, 0) is 31.3 Å². The first-order valence-corrected chi connectivity index (χ1v) is 18.2. The highest BCUT2D eigenvalue weighted by Gasteiger charge is 2.51. The molecule has 3 atom stereocenters. The zero-order valence-electron chi connectivity index (χ0n) is 21.3. The molecule has 0 aliphatic heterocycles. The van der Waals surface area contributed by atoms with Crippen LogP contribution in [0.1, 0.15) is 34.3 Å². The van der Waals surface area contributed by atoms with E-state index in [0.717, 1.165) is 11.1 Å². The highest BCUT2D eigenvalue weighted by atomic mass is 32.9. The Hall–Kier alpha value is -2.69. The van der Waals surface area contributed by atoms with Gasteiger partial charge in [-0.2, -0.15) is 0 Å². The minimum absolute atomic E-state index is 0.211. The average molecular weight is 601 g/mol. The van der Waals surface area contributed by atoms with Gasteiger partial charge in [0.25, 0.3) is 5.62 Å². The van der Waals surface area contributed by atoms with Crippen LogP contribution in [0.15, 0.2) is 119 Å². The smallest absolute Gasteiger partial charge is 0.264 e. The van der Waals surface area contributed by atoms with Crippen LogP contribution in [-0.4, -0.2) is 25.8 Å². The number of rotatable bonds is 9. The molecule has 0 amide bonds. The summed E-state index contributed by atoms with van der Waals surface area (Å²) in [6, 6.07) is 26.3. The lowest BCUT2D eigenvalue weighted by molar-refractivity contribution is 0.381. The number of hydrogen-bond acceptors (Lipinski definition) is 6. The van der Waals surface area contributed by atoms with E-state index in [0.29, 0.717) is 15.2 Å². The molecule has 3 N–H and O–H groups in total. The summed E-state index contributed by atoms with van der Waals surface area (Å²) in [5.74, 6) is 0. The van der Waals surface area contributed by atoms with Crippen LogP contribution in [0.5, 0.6) is 0 Å². The SMILES string of the molecule is Cc1ccc(S(=O)(=O)N(C(c2ccccc2)C(N)c2ccccc2)P(O)(=S)S(=O)(=O)c2ccc(C)cc2)cc1. The van der Waals surface area contributed by atoms with E-state index in [9.17, 15) is 21.7 Å². The minimum atomic E-state index is -4.97. The van der Waals surface area contributed by atoms with Gasteiger partial charge in [0.05, 0.1) is 21.9 Å². The monoisotopic (exact) mass is 600 g/mol. The Morgan fingerprint density at radius 1 is 0.692 bits per heavy atom. The van der Waals surface area contributed by atoms with Gasteiger partial charge >= 0.3 is 0 Å². The van der Waals surface area contributed by atoms with Gasteiger partial charge < -0.3 is 10.6 Å². The van der Waals surface area contributed by atoms with Crippen molar-refractivity contribution in [2.75, 3.05) is 0 Å². The van der Waals surface area contributed by atoms with E-state index in [1.807, 2.05) is 0 Å². The maximum atomic E-state index is 14.4. The van der Waals surface area contributed by atoms with Crippen LogP contribution in [0.2, 0.25) is 0 Å². The summed E-state index contributed by atoms with van der Waals surface area (Å²) >= 11 is 5.51. The third-order valence-electron chi connectivity index (χ3n) is 6.35. The van der Waals surface area contributed by atoms with E-state index in [1.165, 1.54) is 24.3 Å². The van der Waals surface area contributed by atoms with Gasteiger partial charge in [-0.3, -0.25) is 0 Å². The molecule has 0 heterocycles. The summed E-state index contributed by atoms with van der Waals surface area (Å²) in [5.41, 5.74) is 4.28. The first-order valence-electron chi connectivity index (χ1n) is 12.0. The zero-order chi connectivity index (χ0) is 28.4. The van der Waals surface area contributed by atoms with E-state index in [1.54, 1.807) is 98.8 Å². The summed E-state index contributed by atoms with van der Waals surface area (Å²) in [4.78, 5) is 11.4. The molecule has 3 unspecified atom stereocenters. The van der Waals surface area contributed by atoms with Gasteiger partial charge in [-0.05, 0) is 61.0 Å². The van der Waals surface area contributed by atoms with Gasteiger partial charge in [0.2, 0.25) is 19.5 Å². The third-order valence-corrected chi connectivity index (χ3v) is 17.5. The van der Waals surface area contributed by atoms with Crippen LogP contribution in [0.4, 0.5) is 0 Å². The second kappa shape index (κ2) is 11.4. The quantitative estimate of drug-likeness (QED) is 0.246. The summed E-state index contributed by atoms with van der Waals surface area (Å²) in [6.07, 6.45) is 0. The molecule has 7 nitrogen and oxygen atoms in total. The summed E-state index contributed by atoms with van der Waals surface area (Å²) in [5, 5.41) is 0. The summed E-state index contributed by atoms with van der Waals surface area (Å²) in [7, 11) is -9.46. The number of nitrogens with two attached hydrogens (primary N) is 1. The molecule has 0 spiro atoms. The van der Waals surface area contributed by atoms with Crippen molar-refractivity contribution < 1.29 is 21.7 Å². The van der Waals surface area contributed by atoms with Crippen molar-refractivity contribution in [3.05, 3.63) is 131 Å². The molecule has 204 valence electrons. The second-order valence-electron chi connectivity index (χ2n) is 9.16. The fraction of sp³-hybridized carbons (Fsp3) is 0.143. The van der Waals surface area contributed by atoms with Crippen LogP contribution < -0.4 is 5.73 Å². The number of sulfonamides is 1. The van der Waals surface area contributed by atoms with Gasteiger partial charge in [0, 0.05) is 0 Å². The molecule has 4 rings (SSSR count). The molecule has 11 heteroatoms. The van der Waals surface area contributed by atoms with Crippen LogP contribution in [0.25, 0.3) is 0 Å². The van der Waals surface area contributed by atoms with Gasteiger partial charge in [-0.1, -0.05) is 96.1 Å². The highest BCUT2D eigenvalue weighted by molar-refractivity contribution is 8.65. The Morgan fingerprint density at radius 3 is 1.56 bits per heavy atom. The van der Waals surface area contributed by atoms with Crippen LogP contribution >= 0.6 is 5.62 Å². The predicted molar refractivity (Wildman–Crippen MR) is 158 cm³/mol. The maximum Gasteiger partial charge on any atom is 0.264 e. The lowest BCUT2D eigenvalue weighted by Crippen LogP contribution is -2.39. The molecule has 4 aromatic carbocycles. The summed E-state index contributed by atoms with van der Waals surface area (Å²) < 4.78 is 57.3. The Labute approximate surface area is 234 Å². The standard InChI is InChI=1S/C28H29N2O5PS3/c1-21-13-17-25(18-14-21)38(32,33)30(36(31,37)39(34,35)26-19-15-22(2)16-20-26)28(24-11-7-4-8-12-24)27(29)23-9-5-3-6-10-23/h3-20,27-28H,29H2,1-2H3,(H,31,37). The fourth-order valence-electron chi connectivity index (χ4n) is 4.19. The maximum absolute atomic E-state index is 14.4. The first-order chi connectivity index (χ1) is 18.4. The molecule has 0 aliphatic carbocycles. The van der Waals surface area contributed by atoms with Crippen molar-refractivity contribution in [1.29, 1.82) is 0 Å². The summed E-state index contributed by atoms with van der Waals surface area (Å²) in [6.45, 7) is 3.58. The molecular weight excluding hydrogens is 571 g/mol. The lowest BCUT2D eigenvalue weighted by atomic mass is 9.95. The average Bonchev–Trinajstić information content (AvgIpc) is 2.92. The second-order valence-corrected chi connectivity index (χ2v) is 19.3. The zero-order valence-corrected chi connectivity index (χ0v) is 24.7. The molecule has 0 fully saturated rings. The van der Waals surface area contributed by atoms with Crippen molar-refractivity contribution in [3.8, 4) is 0 Å². The number of benzene rings is 4.